The van der Waals surface area contributed by atoms with Crippen LogP contribution in [0.2, 0.25) is 0 Å². The zero-order valence-electron chi connectivity index (χ0n) is 21.5. The minimum Gasteiger partial charge on any atom is -0.365 e. The molecule has 0 bridgehead atoms. The monoisotopic (exact) mass is 518 g/mol. The fourth-order valence-electron chi connectivity index (χ4n) is 4.17. The van der Waals surface area contributed by atoms with Gasteiger partial charge in [-0.2, -0.15) is 4.98 Å². The molecule has 196 valence electrons. The molecule has 0 saturated heterocycles. The van der Waals surface area contributed by atoms with Gasteiger partial charge in [-0.05, 0) is 55.7 Å². The first-order valence-corrected chi connectivity index (χ1v) is 12.1. The molecule has 0 aliphatic carbocycles. The van der Waals surface area contributed by atoms with E-state index >= 15 is 4.39 Å². The molecule has 10 heteroatoms. The molecular formula is C28H28F2N6O2. The average Bonchev–Trinajstić information content (AvgIpc) is 2.88. The van der Waals surface area contributed by atoms with Crippen LogP contribution >= 0.6 is 0 Å². The van der Waals surface area contributed by atoms with Crippen molar-refractivity contribution >= 4 is 22.8 Å². The van der Waals surface area contributed by atoms with Gasteiger partial charge in [-0.3, -0.25) is 9.78 Å². The van der Waals surface area contributed by atoms with Crippen LogP contribution in [0.4, 0.5) is 14.6 Å². The number of aromatic nitrogens is 4. The number of aryl methyl sites for hydroxylation is 1. The summed E-state index contributed by atoms with van der Waals surface area (Å²) >= 11 is 0. The Morgan fingerprint density at radius 1 is 1.13 bits per heavy atom. The molecule has 0 unspecified atom stereocenters. The zero-order chi connectivity index (χ0) is 27.6. The molecule has 0 radical (unpaired) electrons. The molecule has 1 atom stereocenters. The number of rotatable bonds is 8. The van der Waals surface area contributed by atoms with E-state index in [1.807, 2.05) is 20.8 Å². The number of halogens is 2. The van der Waals surface area contributed by atoms with Crippen molar-refractivity contribution in [3.63, 3.8) is 0 Å². The third-order valence-corrected chi connectivity index (χ3v) is 6.03. The second-order valence-electron chi connectivity index (χ2n) is 9.26. The third kappa shape index (κ3) is 5.15. The van der Waals surface area contributed by atoms with Crippen LogP contribution < -0.4 is 16.3 Å². The van der Waals surface area contributed by atoms with E-state index in [9.17, 15) is 14.0 Å². The van der Waals surface area contributed by atoms with E-state index < -0.39 is 17.3 Å². The predicted molar refractivity (Wildman–Crippen MR) is 143 cm³/mol. The van der Waals surface area contributed by atoms with Crippen LogP contribution in [0.3, 0.4) is 0 Å². The first-order chi connectivity index (χ1) is 18.1. The average molecular weight is 519 g/mol. The molecule has 0 aliphatic rings. The van der Waals surface area contributed by atoms with Crippen LogP contribution in [0.5, 0.6) is 0 Å². The maximum atomic E-state index is 15.5. The Kier molecular flexibility index (Phi) is 7.61. The summed E-state index contributed by atoms with van der Waals surface area (Å²) < 4.78 is 31.4. The predicted octanol–water partition coefficient (Wildman–Crippen LogP) is 4.66. The van der Waals surface area contributed by atoms with E-state index in [1.165, 1.54) is 28.8 Å². The summed E-state index contributed by atoms with van der Waals surface area (Å²) in [6.07, 6.45) is 2.80. The van der Waals surface area contributed by atoms with Crippen LogP contribution in [0.15, 0.2) is 60.0 Å². The molecular weight excluding hydrogens is 490 g/mol. The van der Waals surface area contributed by atoms with Crippen molar-refractivity contribution in [1.29, 1.82) is 0 Å². The highest BCUT2D eigenvalue weighted by Crippen LogP contribution is 2.31. The molecule has 0 spiro atoms. The number of fused-ring (bicyclic) bond motifs is 1. The molecule has 38 heavy (non-hydrogen) atoms. The fourth-order valence-corrected chi connectivity index (χ4v) is 4.17. The minimum absolute atomic E-state index is 0.0373. The summed E-state index contributed by atoms with van der Waals surface area (Å²) in [6.45, 7) is 11.1. The number of nitrogens with zero attached hydrogens (tertiary/aromatic N) is 4. The molecule has 4 rings (SSSR count). The quantitative estimate of drug-likeness (QED) is 0.329. The zero-order valence-corrected chi connectivity index (χ0v) is 21.5. The summed E-state index contributed by atoms with van der Waals surface area (Å²) in [5, 5.41) is 5.93. The Hall–Kier alpha value is -4.47. The highest BCUT2D eigenvalue weighted by Gasteiger charge is 2.23. The smallest absolute Gasteiger partial charge is 0.355 e. The topological polar surface area (TPSA) is 102 Å². The maximum absolute atomic E-state index is 15.5. The van der Waals surface area contributed by atoms with Gasteiger partial charge < -0.3 is 10.6 Å². The van der Waals surface area contributed by atoms with Gasteiger partial charge in [0.1, 0.15) is 23.1 Å². The van der Waals surface area contributed by atoms with Gasteiger partial charge in [0.2, 0.25) is 5.91 Å². The molecule has 3 heterocycles. The van der Waals surface area contributed by atoms with Crippen LogP contribution in [0.1, 0.15) is 37.9 Å². The molecule has 4 aromatic rings. The Balaban J connectivity index is 2.01. The van der Waals surface area contributed by atoms with Gasteiger partial charge in [0, 0.05) is 24.3 Å². The van der Waals surface area contributed by atoms with Gasteiger partial charge in [-0.25, -0.2) is 23.1 Å². The lowest BCUT2D eigenvalue weighted by Gasteiger charge is -2.21. The number of benzene rings is 1. The molecule has 8 nitrogen and oxygen atoms in total. The van der Waals surface area contributed by atoms with Gasteiger partial charge in [0.15, 0.2) is 5.65 Å². The standard InChI is InChI=1S/C28H28F2N6O2/c1-6-22(37)32-14-17(5)33-26-19-13-21(30)24(18-9-7-8-10-20(18)29)34-27(19)36(28(38)35-26)25-16(4)11-12-31-23(25)15(2)3/h6-13,15,17H,1,14H2,2-5H3,(H,32,37)(H,33,35,38)/t17-/m0/s1. The third-order valence-electron chi connectivity index (χ3n) is 6.03. The minimum atomic E-state index is -0.780. The van der Waals surface area contributed by atoms with Crippen molar-refractivity contribution in [2.24, 2.45) is 0 Å². The lowest BCUT2D eigenvalue weighted by atomic mass is 10.0. The normalized spacial score (nSPS) is 12.0. The van der Waals surface area contributed by atoms with Gasteiger partial charge in [-0.15, -0.1) is 0 Å². The number of carbonyl (C=O) groups is 1. The first-order valence-electron chi connectivity index (χ1n) is 12.1. The van der Waals surface area contributed by atoms with Crippen LogP contribution in [-0.2, 0) is 4.79 Å². The van der Waals surface area contributed by atoms with Gasteiger partial charge in [0.05, 0.1) is 16.8 Å². The van der Waals surface area contributed by atoms with E-state index in [0.29, 0.717) is 11.4 Å². The van der Waals surface area contributed by atoms with Crippen molar-refractivity contribution in [3.8, 4) is 16.9 Å². The number of anilines is 1. The van der Waals surface area contributed by atoms with E-state index in [1.54, 1.807) is 25.3 Å². The summed E-state index contributed by atoms with van der Waals surface area (Å²) in [5.41, 5.74) is 1.01. The van der Waals surface area contributed by atoms with E-state index in [4.69, 9.17) is 0 Å². The van der Waals surface area contributed by atoms with E-state index in [0.717, 1.165) is 11.6 Å². The van der Waals surface area contributed by atoms with Crippen molar-refractivity contribution < 1.29 is 13.6 Å². The Labute approximate surface area is 218 Å². The molecule has 0 saturated carbocycles. The highest BCUT2D eigenvalue weighted by molar-refractivity contribution is 5.90. The summed E-state index contributed by atoms with van der Waals surface area (Å²) in [7, 11) is 0. The van der Waals surface area contributed by atoms with Gasteiger partial charge in [-0.1, -0.05) is 32.6 Å². The number of hydrogen-bond donors (Lipinski definition) is 2. The number of carbonyl (C=O) groups excluding carboxylic acids is 1. The maximum Gasteiger partial charge on any atom is 0.355 e. The molecule has 3 aromatic heterocycles. The summed E-state index contributed by atoms with van der Waals surface area (Å²) in [5.74, 6) is -1.75. The SMILES string of the molecule is C=CC(=O)NC[C@H](C)Nc1nc(=O)n(-c2c(C)ccnc2C(C)C)c2nc(-c3ccccc3F)c(F)cc12. The number of amides is 1. The van der Waals surface area contributed by atoms with Crippen LogP contribution in [0, 0.1) is 18.6 Å². The van der Waals surface area contributed by atoms with Crippen LogP contribution in [-0.4, -0.2) is 38.0 Å². The Morgan fingerprint density at radius 3 is 2.55 bits per heavy atom. The number of pyridine rings is 2. The van der Waals surface area contributed by atoms with Crippen LogP contribution in [0.25, 0.3) is 28.0 Å². The van der Waals surface area contributed by atoms with Crippen molar-refractivity contribution in [1.82, 2.24) is 24.8 Å². The van der Waals surface area contributed by atoms with E-state index in [2.05, 4.69) is 32.2 Å². The summed E-state index contributed by atoms with van der Waals surface area (Å²) in [4.78, 5) is 38.3. The lowest BCUT2D eigenvalue weighted by Crippen LogP contribution is -2.35. The fraction of sp³-hybridized carbons (Fsp3) is 0.250. The largest absolute Gasteiger partial charge is 0.365 e. The van der Waals surface area contributed by atoms with Crippen molar-refractivity contribution in [2.45, 2.75) is 39.7 Å². The molecule has 0 aliphatic heterocycles. The van der Waals surface area contributed by atoms with E-state index in [-0.39, 0.29) is 52.5 Å². The second-order valence-corrected chi connectivity index (χ2v) is 9.26. The molecule has 1 aromatic carbocycles. The van der Waals surface area contributed by atoms with Gasteiger partial charge >= 0.3 is 5.69 Å². The Morgan fingerprint density at radius 2 is 1.87 bits per heavy atom. The van der Waals surface area contributed by atoms with Gasteiger partial charge in [0.25, 0.3) is 0 Å². The van der Waals surface area contributed by atoms with Crippen molar-refractivity contribution in [3.05, 3.63) is 88.6 Å². The number of hydrogen-bond acceptors (Lipinski definition) is 6. The molecule has 0 fully saturated rings. The Bertz CT molecular complexity index is 1600. The van der Waals surface area contributed by atoms with Crippen molar-refractivity contribution in [2.75, 3.05) is 11.9 Å². The number of nitrogens with one attached hydrogen (secondary N) is 2. The summed E-state index contributed by atoms with van der Waals surface area (Å²) in [6, 6.07) is 8.29. The second kappa shape index (κ2) is 10.9. The lowest BCUT2D eigenvalue weighted by molar-refractivity contribution is -0.116. The first kappa shape index (κ1) is 26.6. The highest BCUT2D eigenvalue weighted by atomic mass is 19.1. The molecule has 2 N–H and O–H groups in total. The molecule has 1 amide bonds.